The van der Waals surface area contributed by atoms with Gasteiger partial charge < -0.3 is 10.4 Å². The van der Waals surface area contributed by atoms with Crippen LogP contribution in [0.5, 0.6) is 0 Å². The third kappa shape index (κ3) is 2.93. The number of pyridine rings is 1. The van der Waals surface area contributed by atoms with Gasteiger partial charge in [-0.25, -0.2) is 4.98 Å². The van der Waals surface area contributed by atoms with Crippen molar-refractivity contribution < 1.29 is 9.90 Å². The van der Waals surface area contributed by atoms with Crippen molar-refractivity contribution in [1.82, 2.24) is 4.98 Å². The maximum absolute atomic E-state index is 11.9. The van der Waals surface area contributed by atoms with Crippen molar-refractivity contribution in [2.45, 2.75) is 13.5 Å². The van der Waals surface area contributed by atoms with E-state index in [1.807, 2.05) is 19.1 Å². The van der Waals surface area contributed by atoms with Gasteiger partial charge >= 0.3 is 0 Å². The normalized spacial score (nSPS) is 10.1. The fraction of sp³-hybridized carbons (Fsp3) is 0.143. The smallest absolute Gasteiger partial charge is 0.256 e. The van der Waals surface area contributed by atoms with Crippen molar-refractivity contribution in [1.29, 1.82) is 0 Å². The van der Waals surface area contributed by atoms with Crippen molar-refractivity contribution >= 4 is 11.7 Å². The lowest BCUT2D eigenvalue weighted by Crippen LogP contribution is -2.13. The zero-order valence-corrected chi connectivity index (χ0v) is 10.1. The first-order chi connectivity index (χ1) is 8.69. The average Bonchev–Trinajstić information content (AvgIpc) is 2.39. The number of benzene rings is 1. The number of nitrogens with zero attached hydrogens (tertiary/aromatic N) is 1. The van der Waals surface area contributed by atoms with Crippen LogP contribution in [0.15, 0.2) is 42.6 Å². The van der Waals surface area contributed by atoms with Crippen LogP contribution in [0.2, 0.25) is 0 Å². The van der Waals surface area contributed by atoms with E-state index in [0.717, 1.165) is 5.56 Å². The third-order valence-corrected chi connectivity index (χ3v) is 2.56. The molecule has 4 heteroatoms. The molecule has 0 aliphatic heterocycles. The van der Waals surface area contributed by atoms with Crippen LogP contribution < -0.4 is 5.32 Å². The Bertz CT molecular complexity index is 550. The number of carbonyl (C=O) groups excluding carboxylic acids is 1. The third-order valence-electron chi connectivity index (χ3n) is 2.56. The van der Waals surface area contributed by atoms with Crippen molar-refractivity contribution in [3.8, 4) is 0 Å². The predicted octanol–water partition coefficient (Wildman–Crippen LogP) is 2.13. The quantitative estimate of drug-likeness (QED) is 0.866. The number of nitrogens with one attached hydrogen (secondary N) is 1. The van der Waals surface area contributed by atoms with Crippen molar-refractivity contribution in [2.75, 3.05) is 5.32 Å². The minimum absolute atomic E-state index is 0.0735. The summed E-state index contributed by atoms with van der Waals surface area (Å²) in [5, 5.41) is 11.7. The van der Waals surface area contributed by atoms with Crippen LogP contribution in [0, 0.1) is 6.92 Å². The molecule has 1 amide bonds. The number of anilines is 1. The second-order valence-corrected chi connectivity index (χ2v) is 4.03. The Kier molecular flexibility index (Phi) is 3.69. The van der Waals surface area contributed by atoms with Gasteiger partial charge in [0.25, 0.3) is 5.91 Å². The van der Waals surface area contributed by atoms with Crippen LogP contribution in [0.3, 0.4) is 0 Å². The number of rotatable bonds is 3. The zero-order valence-electron chi connectivity index (χ0n) is 10.1. The molecule has 0 unspecified atom stereocenters. The first-order valence-corrected chi connectivity index (χ1v) is 5.63. The zero-order chi connectivity index (χ0) is 13.0. The average molecular weight is 242 g/mol. The predicted molar refractivity (Wildman–Crippen MR) is 69.3 cm³/mol. The molecular formula is C14H14N2O2. The summed E-state index contributed by atoms with van der Waals surface area (Å²) < 4.78 is 0. The Hall–Kier alpha value is -2.20. The van der Waals surface area contributed by atoms with Gasteiger partial charge in [0, 0.05) is 11.8 Å². The van der Waals surface area contributed by atoms with Crippen LogP contribution in [-0.4, -0.2) is 16.0 Å². The van der Waals surface area contributed by atoms with Gasteiger partial charge in [-0.05, 0) is 36.8 Å². The number of aromatic nitrogens is 1. The highest BCUT2D eigenvalue weighted by molar-refractivity contribution is 6.03. The summed E-state index contributed by atoms with van der Waals surface area (Å²) in [6.07, 6.45) is 1.55. The van der Waals surface area contributed by atoms with Gasteiger partial charge in [-0.2, -0.15) is 0 Å². The van der Waals surface area contributed by atoms with Gasteiger partial charge in [0.2, 0.25) is 0 Å². The first kappa shape index (κ1) is 12.3. The molecule has 1 aromatic carbocycles. The lowest BCUT2D eigenvalue weighted by Gasteiger charge is -2.05. The summed E-state index contributed by atoms with van der Waals surface area (Å²) in [6, 6.07) is 10.6. The Labute approximate surface area is 105 Å². The molecule has 2 aromatic rings. The number of hydrogen-bond acceptors (Lipinski definition) is 3. The summed E-state index contributed by atoms with van der Waals surface area (Å²) in [5.74, 6) is 0.227. The molecule has 0 spiro atoms. The van der Waals surface area contributed by atoms with E-state index in [1.54, 1.807) is 30.5 Å². The van der Waals surface area contributed by atoms with E-state index in [2.05, 4.69) is 10.3 Å². The van der Waals surface area contributed by atoms with Gasteiger partial charge in [-0.15, -0.1) is 0 Å². The Morgan fingerprint density at radius 1 is 1.28 bits per heavy atom. The molecular weight excluding hydrogens is 228 g/mol. The maximum atomic E-state index is 11.9. The minimum Gasteiger partial charge on any atom is -0.392 e. The maximum Gasteiger partial charge on any atom is 0.256 e. The number of aryl methyl sites for hydroxylation is 1. The molecule has 0 radical (unpaired) electrons. The van der Waals surface area contributed by atoms with Crippen molar-refractivity contribution in [2.24, 2.45) is 0 Å². The molecule has 0 saturated heterocycles. The van der Waals surface area contributed by atoms with Gasteiger partial charge in [0.15, 0.2) is 0 Å². The van der Waals surface area contributed by atoms with E-state index < -0.39 is 0 Å². The molecule has 2 rings (SSSR count). The first-order valence-electron chi connectivity index (χ1n) is 5.63. The summed E-state index contributed by atoms with van der Waals surface area (Å²) in [5.41, 5.74) is 2.40. The molecule has 4 nitrogen and oxygen atoms in total. The van der Waals surface area contributed by atoms with Gasteiger partial charge in [0.1, 0.15) is 5.82 Å². The largest absolute Gasteiger partial charge is 0.392 e. The highest BCUT2D eigenvalue weighted by atomic mass is 16.3. The molecule has 2 N–H and O–H groups in total. The number of aliphatic hydroxyl groups excluding tert-OH is 1. The van der Waals surface area contributed by atoms with Gasteiger partial charge in [-0.3, -0.25) is 4.79 Å². The molecule has 92 valence electrons. The summed E-state index contributed by atoms with van der Waals surface area (Å²) >= 11 is 0. The number of amides is 1. The Balaban J connectivity index is 2.13. The van der Waals surface area contributed by atoms with E-state index in [9.17, 15) is 4.79 Å². The highest BCUT2D eigenvalue weighted by Gasteiger charge is 2.06. The van der Waals surface area contributed by atoms with Crippen LogP contribution in [0.4, 0.5) is 5.82 Å². The molecule has 1 heterocycles. The fourth-order valence-corrected chi connectivity index (χ4v) is 1.53. The lowest BCUT2D eigenvalue weighted by molar-refractivity contribution is 0.102. The molecule has 0 atom stereocenters. The standard InChI is InChI=1S/C14H14N2O2/c1-10-2-4-12(5-3-10)14(18)16-13-8-11(9-17)6-7-15-13/h2-8,17H,9H2,1H3,(H,15,16,18). The fourth-order valence-electron chi connectivity index (χ4n) is 1.53. The van der Waals surface area contributed by atoms with Gasteiger partial charge in [0.05, 0.1) is 6.61 Å². The van der Waals surface area contributed by atoms with Crippen molar-refractivity contribution in [3.63, 3.8) is 0 Å². The molecule has 0 bridgehead atoms. The van der Waals surface area contributed by atoms with Crippen molar-refractivity contribution in [3.05, 3.63) is 59.3 Å². The Morgan fingerprint density at radius 3 is 2.67 bits per heavy atom. The van der Waals surface area contributed by atoms with Gasteiger partial charge in [-0.1, -0.05) is 17.7 Å². The molecule has 18 heavy (non-hydrogen) atoms. The number of carbonyl (C=O) groups is 1. The lowest BCUT2D eigenvalue weighted by atomic mass is 10.1. The molecule has 0 saturated carbocycles. The van der Waals surface area contributed by atoms with Crippen LogP contribution >= 0.6 is 0 Å². The van der Waals surface area contributed by atoms with Crippen LogP contribution in [-0.2, 0) is 6.61 Å². The van der Waals surface area contributed by atoms with E-state index in [1.165, 1.54) is 0 Å². The van der Waals surface area contributed by atoms with E-state index >= 15 is 0 Å². The minimum atomic E-state index is -0.211. The summed E-state index contributed by atoms with van der Waals surface area (Å²) in [7, 11) is 0. The van der Waals surface area contributed by atoms with Crippen LogP contribution in [0.1, 0.15) is 21.5 Å². The topological polar surface area (TPSA) is 62.2 Å². The second-order valence-electron chi connectivity index (χ2n) is 4.03. The molecule has 1 aromatic heterocycles. The second kappa shape index (κ2) is 5.42. The summed E-state index contributed by atoms with van der Waals surface area (Å²) in [6.45, 7) is 1.89. The SMILES string of the molecule is Cc1ccc(C(=O)Nc2cc(CO)ccn2)cc1. The molecule has 0 aliphatic carbocycles. The molecule has 0 fully saturated rings. The molecule has 0 aliphatic rings. The number of hydrogen-bond donors (Lipinski definition) is 2. The monoisotopic (exact) mass is 242 g/mol. The van der Waals surface area contributed by atoms with E-state index in [-0.39, 0.29) is 12.5 Å². The Morgan fingerprint density at radius 2 is 2.00 bits per heavy atom. The van der Waals surface area contributed by atoms with E-state index in [0.29, 0.717) is 16.9 Å². The van der Waals surface area contributed by atoms with E-state index in [4.69, 9.17) is 5.11 Å². The highest BCUT2D eigenvalue weighted by Crippen LogP contribution is 2.09. The summed E-state index contributed by atoms with van der Waals surface area (Å²) in [4.78, 5) is 15.9. The van der Waals surface area contributed by atoms with Crippen LogP contribution in [0.25, 0.3) is 0 Å². The number of aliphatic hydroxyl groups is 1.